The standard InChI is InChI=1S/C9H10N6/c1-6-12-14-9(15-13-6)8-3-2-7(4-10)5-11-8/h2-3,5H,4,10H2,1H3. The smallest absolute Gasteiger partial charge is 0.221 e. The molecule has 2 aromatic rings. The Balaban J connectivity index is 2.33. The summed E-state index contributed by atoms with van der Waals surface area (Å²) in [6, 6.07) is 3.68. The van der Waals surface area contributed by atoms with Crippen molar-refractivity contribution in [3.63, 3.8) is 0 Å². The largest absolute Gasteiger partial charge is 0.326 e. The molecule has 0 bridgehead atoms. The van der Waals surface area contributed by atoms with E-state index in [1.54, 1.807) is 19.2 Å². The second-order valence-electron chi connectivity index (χ2n) is 3.03. The Morgan fingerprint density at radius 3 is 2.40 bits per heavy atom. The summed E-state index contributed by atoms with van der Waals surface area (Å²) >= 11 is 0. The average Bonchev–Trinajstić information content (AvgIpc) is 2.30. The van der Waals surface area contributed by atoms with E-state index in [1.807, 2.05) is 6.07 Å². The zero-order valence-electron chi connectivity index (χ0n) is 8.25. The molecule has 0 saturated carbocycles. The van der Waals surface area contributed by atoms with Crippen molar-refractivity contribution >= 4 is 0 Å². The van der Waals surface area contributed by atoms with Crippen LogP contribution in [0.3, 0.4) is 0 Å². The molecular formula is C9H10N6. The van der Waals surface area contributed by atoms with Crippen LogP contribution in [-0.4, -0.2) is 25.4 Å². The Morgan fingerprint density at radius 1 is 1.13 bits per heavy atom. The molecule has 0 atom stereocenters. The van der Waals surface area contributed by atoms with Crippen LogP contribution in [0.2, 0.25) is 0 Å². The highest BCUT2D eigenvalue weighted by molar-refractivity contribution is 5.47. The van der Waals surface area contributed by atoms with Gasteiger partial charge in [-0.25, -0.2) is 0 Å². The molecular weight excluding hydrogens is 192 g/mol. The summed E-state index contributed by atoms with van der Waals surface area (Å²) in [4.78, 5) is 4.16. The third-order valence-electron chi connectivity index (χ3n) is 1.87. The molecule has 0 spiro atoms. The summed E-state index contributed by atoms with van der Waals surface area (Å²) in [7, 11) is 0. The maximum atomic E-state index is 5.46. The van der Waals surface area contributed by atoms with Crippen LogP contribution in [0.4, 0.5) is 0 Å². The zero-order chi connectivity index (χ0) is 10.7. The third kappa shape index (κ3) is 2.10. The normalized spacial score (nSPS) is 10.3. The van der Waals surface area contributed by atoms with E-state index >= 15 is 0 Å². The zero-order valence-corrected chi connectivity index (χ0v) is 8.25. The van der Waals surface area contributed by atoms with Crippen molar-refractivity contribution in [3.8, 4) is 11.5 Å². The van der Waals surface area contributed by atoms with E-state index in [0.29, 0.717) is 23.9 Å². The first-order valence-electron chi connectivity index (χ1n) is 4.49. The molecule has 0 amide bonds. The number of rotatable bonds is 2. The molecule has 0 fully saturated rings. The molecule has 2 N–H and O–H groups in total. The van der Waals surface area contributed by atoms with Gasteiger partial charge < -0.3 is 5.73 Å². The maximum Gasteiger partial charge on any atom is 0.221 e. The van der Waals surface area contributed by atoms with Gasteiger partial charge in [0, 0.05) is 12.7 Å². The van der Waals surface area contributed by atoms with Gasteiger partial charge in [0.25, 0.3) is 0 Å². The predicted octanol–water partition coefficient (Wildman–Crippen LogP) is 0.0957. The molecule has 2 rings (SSSR count). The van der Waals surface area contributed by atoms with Crippen LogP contribution in [0.1, 0.15) is 11.4 Å². The van der Waals surface area contributed by atoms with Gasteiger partial charge >= 0.3 is 0 Å². The molecule has 0 radical (unpaired) electrons. The van der Waals surface area contributed by atoms with Gasteiger partial charge in [-0.1, -0.05) is 6.07 Å². The summed E-state index contributed by atoms with van der Waals surface area (Å²) in [6.07, 6.45) is 1.69. The lowest BCUT2D eigenvalue weighted by Crippen LogP contribution is -2.01. The summed E-state index contributed by atoms with van der Waals surface area (Å²) in [5, 5.41) is 15.4. The minimum Gasteiger partial charge on any atom is -0.326 e. The fraction of sp³-hybridized carbons (Fsp3) is 0.222. The highest BCUT2D eigenvalue weighted by Crippen LogP contribution is 2.09. The first-order chi connectivity index (χ1) is 7.29. The fourth-order valence-corrected chi connectivity index (χ4v) is 1.06. The summed E-state index contributed by atoms with van der Waals surface area (Å²) < 4.78 is 0. The minimum atomic E-state index is 0.421. The number of hydrogen-bond donors (Lipinski definition) is 1. The number of nitrogens with two attached hydrogens (primary N) is 1. The molecule has 0 aliphatic heterocycles. The molecule has 15 heavy (non-hydrogen) atoms. The van der Waals surface area contributed by atoms with Crippen LogP contribution in [0.15, 0.2) is 18.3 Å². The second-order valence-corrected chi connectivity index (χ2v) is 3.03. The van der Waals surface area contributed by atoms with Crippen molar-refractivity contribution in [2.75, 3.05) is 0 Å². The van der Waals surface area contributed by atoms with Gasteiger partial charge in [-0.2, -0.15) is 0 Å². The van der Waals surface area contributed by atoms with E-state index in [1.165, 1.54) is 0 Å². The van der Waals surface area contributed by atoms with E-state index in [0.717, 1.165) is 5.56 Å². The predicted molar refractivity (Wildman–Crippen MR) is 53.5 cm³/mol. The minimum absolute atomic E-state index is 0.421. The van der Waals surface area contributed by atoms with E-state index in [4.69, 9.17) is 5.73 Å². The number of nitrogens with zero attached hydrogens (tertiary/aromatic N) is 5. The van der Waals surface area contributed by atoms with Gasteiger partial charge in [-0.05, 0) is 18.6 Å². The fourth-order valence-electron chi connectivity index (χ4n) is 1.06. The number of pyridine rings is 1. The van der Waals surface area contributed by atoms with E-state index in [9.17, 15) is 0 Å². The van der Waals surface area contributed by atoms with Crippen LogP contribution in [0.5, 0.6) is 0 Å². The Hall–Kier alpha value is -1.95. The first-order valence-corrected chi connectivity index (χ1v) is 4.49. The van der Waals surface area contributed by atoms with Crippen LogP contribution >= 0.6 is 0 Å². The van der Waals surface area contributed by atoms with Crippen molar-refractivity contribution < 1.29 is 0 Å². The molecule has 0 saturated heterocycles. The second kappa shape index (κ2) is 4.05. The van der Waals surface area contributed by atoms with Gasteiger partial charge in [0.1, 0.15) is 5.69 Å². The van der Waals surface area contributed by atoms with Crippen LogP contribution < -0.4 is 5.73 Å². The lowest BCUT2D eigenvalue weighted by atomic mass is 10.2. The highest BCUT2D eigenvalue weighted by atomic mass is 15.3. The Morgan fingerprint density at radius 2 is 1.87 bits per heavy atom. The SMILES string of the molecule is Cc1nnc(-c2ccc(CN)cn2)nn1. The van der Waals surface area contributed by atoms with E-state index in [2.05, 4.69) is 25.4 Å². The average molecular weight is 202 g/mol. The quantitative estimate of drug-likeness (QED) is 0.742. The molecule has 6 heteroatoms. The van der Waals surface area contributed by atoms with E-state index < -0.39 is 0 Å². The summed E-state index contributed by atoms with van der Waals surface area (Å²) in [6.45, 7) is 2.20. The van der Waals surface area contributed by atoms with Crippen molar-refractivity contribution in [1.82, 2.24) is 25.4 Å². The monoisotopic (exact) mass is 202 g/mol. The third-order valence-corrected chi connectivity index (χ3v) is 1.87. The van der Waals surface area contributed by atoms with Crippen LogP contribution in [0, 0.1) is 6.92 Å². The Bertz CT molecular complexity index is 435. The molecule has 0 unspecified atom stereocenters. The van der Waals surface area contributed by atoms with E-state index in [-0.39, 0.29) is 0 Å². The van der Waals surface area contributed by atoms with Crippen molar-refractivity contribution in [2.45, 2.75) is 13.5 Å². The molecule has 0 aromatic carbocycles. The molecule has 2 heterocycles. The molecule has 2 aromatic heterocycles. The highest BCUT2D eigenvalue weighted by Gasteiger charge is 2.03. The van der Waals surface area contributed by atoms with Gasteiger partial charge in [0.15, 0.2) is 5.82 Å². The van der Waals surface area contributed by atoms with Crippen LogP contribution in [-0.2, 0) is 6.54 Å². The van der Waals surface area contributed by atoms with Crippen molar-refractivity contribution in [1.29, 1.82) is 0 Å². The lowest BCUT2D eigenvalue weighted by Gasteiger charge is -1.98. The van der Waals surface area contributed by atoms with Gasteiger partial charge in [-0.15, -0.1) is 20.4 Å². The maximum absolute atomic E-state index is 5.46. The number of hydrogen-bond acceptors (Lipinski definition) is 6. The molecule has 6 nitrogen and oxygen atoms in total. The number of aromatic nitrogens is 5. The summed E-state index contributed by atoms with van der Waals surface area (Å²) in [5.41, 5.74) is 7.07. The van der Waals surface area contributed by atoms with Crippen molar-refractivity contribution in [3.05, 3.63) is 29.7 Å². The topological polar surface area (TPSA) is 90.5 Å². The Kier molecular flexibility index (Phi) is 2.59. The summed E-state index contributed by atoms with van der Waals surface area (Å²) in [5.74, 6) is 0.960. The lowest BCUT2D eigenvalue weighted by molar-refractivity contribution is 0.812. The van der Waals surface area contributed by atoms with Gasteiger partial charge in [0.05, 0.1) is 0 Å². The Labute approximate surface area is 86.6 Å². The van der Waals surface area contributed by atoms with Crippen molar-refractivity contribution in [2.24, 2.45) is 5.73 Å². The molecule has 76 valence electrons. The van der Waals surface area contributed by atoms with Gasteiger partial charge in [0.2, 0.25) is 5.82 Å². The van der Waals surface area contributed by atoms with Crippen LogP contribution in [0.25, 0.3) is 11.5 Å². The molecule has 0 aliphatic carbocycles. The van der Waals surface area contributed by atoms with Gasteiger partial charge in [-0.3, -0.25) is 4.98 Å². The molecule has 0 aliphatic rings. The first kappa shape index (κ1) is 9.60. The number of aryl methyl sites for hydroxylation is 1.